The molecule has 2 aromatic carbocycles. The molecule has 0 saturated carbocycles. The minimum atomic E-state index is -1.05. The Kier molecular flexibility index (Phi) is 5.61. The highest BCUT2D eigenvalue weighted by Crippen LogP contribution is 2.32. The number of oxime groups is 1. The van der Waals surface area contributed by atoms with Gasteiger partial charge in [-0.1, -0.05) is 47.1 Å². The van der Waals surface area contributed by atoms with Crippen LogP contribution in [-0.4, -0.2) is 58.6 Å². The number of amides is 1. The predicted molar refractivity (Wildman–Crippen MR) is 123 cm³/mol. The lowest BCUT2D eigenvalue weighted by Gasteiger charge is -2.30. The summed E-state index contributed by atoms with van der Waals surface area (Å²) in [7, 11) is 0. The van der Waals surface area contributed by atoms with Crippen molar-refractivity contribution < 1.29 is 14.4 Å². The van der Waals surface area contributed by atoms with Crippen LogP contribution in [0.3, 0.4) is 0 Å². The fourth-order valence-electron chi connectivity index (χ4n) is 4.54. The molecule has 7 nitrogen and oxygen atoms in total. The van der Waals surface area contributed by atoms with E-state index >= 15 is 0 Å². The number of aromatic nitrogens is 2. The Hall–Kier alpha value is -2.90. The summed E-state index contributed by atoms with van der Waals surface area (Å²) in [4.78, 5) is 21.1. The lowest BCUT2D eigenvalue weighted by molar-refractivity contribution is -0.153. The number of aromatic amines is 1. The summed E-state index contributed by atoms with van der Waals surface area (Å²) in [5.41, 5.74) is 2.66. The molecular weight excluding hydrogens is 428 g/mol. The van der Waals surface area contributed by atoms with Crippen molar-refractivity contribution in [3.8, 4) is 0 Å². The van der Waals surface area contributed by atoms with Gasteiger partial charge in [0.25, 0.3) is 5.91 Å². The third kappa shape index (κ3) is 3.98. The van der Waals surface area contributed by atoms with Gasteiger partial charge in [-0.15, -0.1) is 0 Å². The maximum atomic E-state index is 13.5. The first-order valence-corrected chi connectivity index (χ1v) is 11.2. The molecule has 3 heterocycles. The third-order valence-corrected chi connectivity index (χ3v) is 6.54. The lowest BCUT2D eigenvalue weighted by Crippen LogP contribution is -2.49. The number of H-pyrrole nitrogens is 1. The van der Waals surface area contributed by atoms with Crippen molar-refractivity contribution in [1.29, 1.82) is 0 Å². The Morgan fingerprint density at radius 2 is 2.16 bits per heavy atom. The highest BCUT2D eigenvalue weighted by atomic mass is 35.5. The summed E-state index contributed by atoms with van der Waals surface area (Å²) in [6, 6.07) is 13.6. The predicted octanol–water partition coefficient (Wildman–Crippen LogP) is 3.82. The molecule has 1 amide bonds. The van der Waals surface area contributed by atoms with Gasteiger partial charge in [-0.2, -0.15) is 5.10 Å². The number of benzene rings is 2. The summed E-state index contributed by atoms with van der Waals surface area (Å²) < 4.78 is 5.85. The second-order valence-electron chi connectivity index (χ2n) is 8.66. The first kappa shape index (κ1) is 21.0. The number of rotatable bonds is 4. The zero-order valence-electron chi connectivity index (χ0n) is 17.9. The maximum absolute atomic E-state index is 13.5. The van der Waals surface area contributed by atoms with Crippen molar-refractivity contribution in [3.05, 3.63) is 64.8 Å². The van der Waals surface area contributed by atoms with Crippen molar-refractivity contribution in [2.75, 3.05) is 26.3 Å². The maximum Gasteiger partial charge on any atom is 0.269 e. The van der Waals surface area contributed by atoms with Crippen LogP contribution in [0, 0.1) is 5.92 Å². The van der Waals surface area contributed by atoms with E-state index in [-0.39, 0.29) is 11.8 Å². The van der Waals surface area contributed by atoms with Crippen molar-refractivity contribution in [2.24, 2.45) is 11.1 Å². The second kappa shape index (κ2) is 8.56. The molecule has 5 rings (SSSR count). The van der Waals surface area contributed by atoms with Gasteiger partial charge in [0.05, 0.1) is 30.6 Å². The molecule has 0 radical (unpaired) electrons. The number of halogens is 1. The average Bonchev–Trinajstić information content (AvgIpc) is 3.37. The van der Waals surface area contributed by atoms with Gasteiger partial charge in [-0.3, -0.25) is 9.89 Å². The molecule has 1 fully saturated rings. The van der Waals surface area contributed by atoms with Crippen LogP contribution in [0.4, 0.5) is 0 Å². The minimum Gasteiger partial charge on any atom is -0.379 e. The van der Waals surface area contributed by atoms with Gasteiger partial charge < -0.3 is 14.5 Å². The lowest BCUT2D eigenvalue weighted by atomic mass is 9.93. The molecule has 2 aliphatic rings. The van der Waals surface area contributed by atoms with Gasteiger partial charge in [-0.25, -0.2) is 0 Å². The summed E-state index contributed by atoms with van der Waals surface area (Å²) >= 11 is 6.32. The van der Waals surface area contributed by atoms with E-state index in [2.05, 4.69) is 21.4 Å². The van der Waals surface area contributed by atoms with Crippen LogP contribution in [0.25, 0.3) is 10.9 Å². The molecule has 1 saturated heterocycles. The highest BCUT2D eigenvalue weighted by Gasteiger charge is 2.45. The molecule has 8 heteroatoms. The number of nitrogens with one attached hydrogen (secondary N) is 1. The molecule has 1 aromatic heterocycles. The van der Waals surface area contributed by atoms with Gasteiger partial charge in [0.15, 0.2) is 0 Å². The van der Waals surface area contributed by atoms with E-state index in [4.69, 9.17) is 21.2 Å². The first-order chi connectivity index (χ1) is 15.5. The Morgan fingerprint density at radius 3 is 3.03 bits per heavy atom. The molecule has 0 aliphatic carbocycles. The number of carbonyl (C=O) groups is 1. The highest BCUT2D eigenvalue weighted by molar-refractivity contribution is 6.34. The molecule has 3 aromatic rings. The van der Waals surface area contributed by atoms with Gasteiger partial charge in [0.2, 0.25) is 5.60 Å². The van der Waals surface area contributed by atoms with E-state index in [0.717, 1.165) is 22.9 Å². The fourth-order valence-corrected chi connectivity index (χ4v) is 4.78. The second-order valence-corrected chi connectivity index (χ2v) is 9.07. The molecule has 0 spiro atoms. The summed E-state index contributed by atoms with van der Waals surface area (Å²) in [6.45, 7) is 4.05. The Morgan fingerprint density at radius 1 is 1.28 bits per heavy atom. The zero-order chi connectivity index (χ0) is 22.1. The topological polar surface area (TPSA) is 79.8 Å². The van der Waals surface area contributed by atoms with Crippen LogP contribution < -0.4 is 0 Å². The molecule has 32 heavy (non-hydrogen) atoms. The average molecular weight is 453 g/mol. The van der Waals surface area contributed by atoms with E-state index < -0.39 is 5.60 Å². The van der Waals surface area contributed by atoms with Crippen molar-refractivity contribution in [2.45, 2.75) is 25.4 Å². The Balaban J connectivity index is 1.30. The van der Waals surface area contributed by atoms with Gasteiger partial charge in [0.1, 0.15) is 0 Å². The van der Waals surface area contributed by atoms with Crippen LogP contribution in [0.5, 0.6) is 0 Å². The standard InChI is InChI=1S/C24H25ClN4O3/c1-24(12-22(28-32-24)18-6-2-3-7-20(18)25)23(30)29-9-10-31-15-16(14-29)11-17-5-4-8-21-19(17)13-26-27-21/h2-8,13,16H,9-12,14-15H2,1H3,(H,26,27). The SMILES string of the molecule is CC1(C(=O)N2CCOCC(Cc3cccc4[nH]ncc34)C2)CC(c2ccccc2Cl)=NO1. The van der Waals surface area contributed by atoms with Crippen molar-refractivity contribution in [3.63, 3.8) is 0 Å². The van der Waals surface area contributed by atoms with Crippen LogP contribution in [-0.2, 0) is 20.8 Å². The van der Waals surface area contributed by atoms with E-state index in [1.807, 2.05) is 47.5 Å². The summed E-state index contributed by atoms with van der Waals surface area (Å²) in [5.74, 6) is 0.108. The Labute approximate surface area is 191 Å². The number of hydrogen-bond donors (Lipinski definition) is 1. The first-order valence-electron chi connectivity index (χ1n) is 10.8. The van der Waals surface area contributed by atoms with Crippen molar-refractivity contribution >= 4 is 34.1 Å². The molecule has 2 unspecified atom stereocenters. The molecule has 2 atom stereocenters. The van der Waals surface area contributed by atoms with E-state index in [1.54, 1.807) is 6.92 Å². The quantitative estimate of drug-likeness (QED) is 0.652. The van der Waals surface area contributed by atoms with E-state index in [0.29, 0.717) is 43.5 Å². The van der Waals surface area contributed by atoms with Gasteiger partial charge >= 0.3 is 0 Å². The number of carbonyl (C=O) groups excluding carboxylic acids is 1. The fraction of sp³-hybridized carbons (Fsp3) is 0.375. The van der Waals surface area contributed by atoms with Gasteiger partial charge in [-0.05, 0) is 31.0 Å². The summed E-state index contributed by atoms with van der Waals surface area (Å²) in [6.07, 6.45) is 3.04. The molecule has 2 aliphatic heterocycles. The van der Waals surface area contributed by atoms with Crippen LogP contribution in [0.1, 0.15) is 24.5 Å². The van der Waals surface area contributed by atoms with Crippen LogP contribution in [0.15, 0.2) is 53.8 Å². The smallest absolute Gasteiger partial charge is 0.269 e. The van der Waals surface area contributed by atoms with Crippen LogP contribution >= 0.6 is 11.6 Å². The molecule has 166 valence electrons. The number of hydrogen-bond acceptors (Lipinski definition) is 5. The number of ether oxygens (including phenoxy) is 1. The van der Waals surface area contributed by atoms with E-state index in [1.165, 1.54) is 5.56 Å². The molecular formula is C24H25ClN4O3. The van der Waals surface area contributed by atoms with E-state index in [9.17, 15) is 4.79 Å². The normalized spacial score (nSPS) is 23.6. The summed E-state index contributed by atoms with van der Waals surface area (Å²) in [5, 5.41) is 13.1. The van der Waals surface area contributed by atoms with Crippen molar-refractivity contribution in [1.82, 2.24) is 15.1 Å². The zero-order valence-corrected chi connectivity index (χ0v) is 18.6. The monoisotopic (exact) mass is 452 g/mol. The largest absolute Gasteiger partial charge is 0.379 e. The van der Waals surface area contributed by atoms with Crippen LogP contribution in [0.2, 0.25) is 5.02 Å². The number of fused-ring (bicyclic) bond motifs is 1. The minimum absolute atomic E-state index is 0.0691. The third-order valence-electron chi connectivity index (χ3n) is 6.21. The number of nitrogens with zero attached hydrogens (tertiary/aromatic N) is 3. The molecule has 0 bridgehead atoms. The van der Waals surface area contributed by atoms with Gasteiger partial charge in [0, 0.05) is 41.4 Å². The Bertz CT molecular complexity index is 1180. The molecule has 1 N–H and O–H groups in total.